The molecule has 0 fully saturated rings. The molecule has 96 valence electrons. The fourth-order valence-corrected chi connectivity index (χ4v) is 2.42. The summed E-state index contributed by atoms with van der Waals surface area (Å²) < 4.78 is 5.51. The molecule has 1 aromatic rings. The van der Waals surface area contributed by atoms with E-state index in [4.69, 9.17) is 4.74 Å². The fourth-order valence-electron chi connectivity index (χ4n) is 2.42. The summed E-state index contributed by atoms with van der Waals surface area (Å²) in [5, 5.41) is 0. The smallest absolute Gasteiger partial charge is 0.303 e. The molecule has 0 heterocycles. The van der Waals surface area contributed by atoms with Gasteiger partial charge in [-0.25, -0.2) is 0 Å². The van der Waals surface area contributed by atoms with Crippen LogP contribution >= 0.6 is 0 Å². The molecule has 2 rings (SSSR count). The predicted octanol–water partition coefficient (Wildman–Crippen LogP) is 3.96. The van der Waals surface area contributed by atoms with Crippen LogP contribution in [-0.4, -0.2) is 5.97 Å². The number of allylic oxidation sites excluding steroid dienone is 1. The summed E-state index contributed by atoms with van der Waals surface area (Å²) in [6, 6.07) is 8.18. The standard InChI is InChI=1S/C16H20O2/c1-10-6-8-13(9-7-10)15(18-12(3)17)14-11(2)16(14,4)5/h6-9,15H,1-5H3. The van der Waals surface area contributed by atoms with Crippen LogP contribution < -0.4 is 0 Å². The summed E-state index contributed by atoms with van der Waals surface area (Å²) in [7, 11) is 0. The van der Waals surface area contributed by atoms with E-state index in [1.807, 2.05) is 12.1 Å². The highest BCUT2D eigenvalue weighted by Crippen LogP contribution is 2.58. The number of rotatable bonds is 3. The van der Waals surface area contributed by atoms with Crippen LogP contribution in [0.25, 0.3) is 0 Å². The van der Waals surface area contributed by atoms with Gasteiger partial charge in [0.2, 0.25) is 0 Å². The quantitative estimate of drug-likeness (QED) is 0.594. The number of carbonyl (C=O) groups is 1. The van der Waals surface area contributed by atoms with Crippen LogP contribution in [0, 0.1) is 12.3 Å². The van der Waals surface area contributed by atoms with Crippen LogP contribution in [0.5, 0.6) is 0 Å². The average Bonchev–Trinajstić information content (AvgIpc) is 2.76. The van der Waals surface area contributed by atoms with Gasteiger partial charge in [-0.1, -0.05) is 49.2 Å². The van der Waals surface area contributed by atoms with Gasteiger partial charge in [-0.2, -0.15) is 0 Å². The summed E-state index contributed by atoms with van der Waals surface area (Å²) in [6.07, 6.45) is -0.224. The molecule has 0 N–H and O–H groups in total. The molecule has 1 aromatic carbocycles. The molecule has 2 heteroatoms. The van der Waals surface area contributed by atoms with Crippen molar-refractivity contribution in [1.29, 1.82) is 0 Å². The van der Waals surface area contributed by atoms with Crippen molar-refractivity contribution in [3.63, 3.8) is 0 Å². The van der Waals surface area contributed by atoms with Gasteiger partial charge in [0.25, 0.3) is 0 Å². The maximum Gasteiger partial charge on any atom is 0.303 e. The minimum atomic E-state index is -0.233. The Morgan fingerprint density at radius 1 is 1.17 bits per heavy atom. The number of benzene rings is 1. The minimum Gasteiger partial charge on any atom is -0.453 e. The Kier molecular flexibility index (Phi) is 3.05. The Labute approximate surface area is 109 Å². The van der Waals surface area contributed by atoms with Gasteiger partial charge in [-0.05, 0) is 25.0 Å². The van der Waals surface area contributed by atoms with Crippen LogP contribution in [0.4, 0.5) is 0 Å². The first-order chi connectivity index (χ1) is 8.34. The van der Waals surface area contributed by atoms with Crippen molar-refractivity contribution in [3.8, 4) is 0 Å². The van der Waals surface area contributed by atoms with Crippen molar-refractivity contribution in [1.82, 2.24) is 0 Å². The lowest BCUT2D eigenvalue weighted by Crippen LogP contribution is -2.11. The number of hydrogen-bond acceptors (Lipinski definition) is 2. The van der Waals surface area contributed by atoms with Crippen LogP contribution in [-0.2, 0) is 9.53 Å². The second kappa shape index (κ2) is 4.27. The van der Waals surface area contributed by atoms with E-state index in [1.54, 1.807) is 0 Å². The molecule has 18 heavy (non-hydrogen) atoms. The molecule has 0 saturated carbocycles. The Hall–Kier alpha value is -1.57. The molecule has 0 amide bonds. The van der Waals surface area contributed by atoms with E-state index < -0.39 is 0 Å². The maximum absolute atomic E-state index is 11.3. The number of aryl methyl sites for hydroxylation is 1. The first-order valence-electron chi connectivity index (χ1n) is 6.29. The van der Waals surface area contributed by atoms with Crippen molar-refractivity contribution in [3.05, 3.63) is 46.5 Å². The number of hydrogen-bond donors (Lipinski definition) is 0. The van der Waals surface area contributed by atoms with Crippen molar-refractivity contribution >= 4 is 5.97 Å². The van der Waals surface area contributed by atoms with Crippen LogP contribution in [0.1, 0.15) is 44.9 Å². The van der Waals surface area contributed by atoms with Gasteiger partial charge >= 0.3 is 5.97 Å². The van der Waals surface area contributed by atoms with Crippen LogP contribution in [0.2, 0.25) is 0 Å². The van der Waals surface area contributed by atoms with E-state index in [2.05, 4.69) is 39.8 Å². The Balaban J connectivity index is 2.33. The van der Waals surface area contributed by atoms with E-state index in [-0.39, 0.29) is 17.5 Å². The number of carbonyl (C=O) groups excluding carboxylic acids is 1. The molecule has 1 aliphatic rings. The highest BCUT2D eigenvalue weighted by Gasteiger charge is 2.47. The fraction of sp³-hybridized carbons (Fsp3) is 0.438. The van der Waals surface area contributed by atoms with E-state index in [9.17, 15) is 4.79 Å². The normalized spacial score (nSPS) is 18.5. The molecule has 0 saturated heterocycles. The SMILES string of the molecule is CC(=O)OC(C1=C(C)C1(C)C)c1ccc(C)cc1. The summed E-state index contributed by atoms with van der Waals surface area (Å²) in [6.45, 7) is 9.97. The second-order valence-electron chi connectivity index (χ2n) is 5.56. The number of esters is 1. The van der Waals surface area contributed by atoms with E-state index in [1.165, 1.54) is 23.6 Å². The summed E-state index contributed by atoms with van der Waals surface area (Å²) in [5.74, 6) is -0.233. The largest absolute Gasteiger partial charge is 0.453 e. The first kappa shape index (κ1) is 12.9. The molecule has 0 radical (unpaired) electrons. The lowest BCUT2D eigenvalue weighted by atomic mass is 9.97. The molecule has 0 aromatic heterocycles. The monoisotopic (exact) mass is 244 g/mol. The van der Waals surface area contributed by atoms with Crippen molar-refractivity contribution < 1.29 is 9.53 Å². The molecule has 1 unspecified atom stereocenters. The minimum absolute atomic E-state index is 0.0883. The third-order valence-corrected chi connectivity index (χ3v) is 3.88. The van der Waals surface area contributed by atoms with Gasteiger partial charge in [-0.15, -0.1) is 0 Å². The second-order valence-corrected chi connectivity index (χ2v) is 5.56. The van der Waals surface area contributed by atoms with Gasteiger partial charge in [0.05, 0.1) is 0 Å². The average molecular weight is 244 g/mol. The van der Waals surface area contributed by atoms with Crippen LogP contribution in [0.3, 0.4) is 0 Å². The zero-order valence-electron chi connectivity index (χ0n) is 11.7. The molecule has 2 nitrogen and oxygen atoms in total. The molecule has 0 aliphatic heterocycles. The summed E-state index contributed by atoms with van der Waals surface area (Å²) >= 11 is 0. The topological polar surface area (TPSA) is 26.3 Å². The lowest BCUT2D eigenvalue weighted by Gasteiger charge is -2.18. The summed E-state index contributed by atoms with van der Waals surface area (Å²) in [5.41, 5.74) is 4.91. The van der Waals surface area contributed by atoms with Gasteiger partial charge in [0.15, 0.2) is 0 Å². The van der Waals surface area contributed by atoms with Gasteiger partial charge in [0.1, 0.15) is 6.10 Å². The predicted molar refractivity (Wildman–Crippen MR) is 72.2 cm³/mol. The summed E-state index contributed by atoms with van der Waals surface area (Å²) in [4.78, 5) is 11.3. The first-order valence-corrected chi connectivity index (χ1v) is 6.29. The van der Waals surface area contributed by atoms with Crippen molar-refractivity contribution in [2.45, 2.75) is 40.7 Å². The highest BCUT2D eigenvalue weighted by molar-refractivity contribution is 5.67. The lowest BCUT2D eigenvalue weighted by molar-refractivity contribution is -0.144. The van der Waals surface area contributed by atoms with Crippen LogP contribution in [0.15, 0.2) is 35.4 Å². The highest BCUT2D eigenvalue weighted by atomic mass is 16.5. The van der Waals surface area contributed by atoms with E-state index in [0.29, 0.717) is 0 Å². The van der Waals surface area contributed by atoms with Gasteiger partial charge in [0, 0.05) is 12.3 Å². The zero-order chi connectivity index (χ0) is 13.5. The Morgan fingerprint density at radius 3 is 2.06 bits per heavy atom. The van der Waals surface area contributed by atoms with Crippen molar-refractivity contribution in [2.24, 2.45) is 5.41 Å². The van der Waals surface area contributed by atoms with Gasteiger partial charge < -0.3 is 4.74 Å². The van der Waals surface area contributed by atoms with Crippen molar-refractivity contribution in [2.75, 3.05) is 0 Å². The molecule has 1 aliphatic carbocycles. The zero-order valence-corrected chi connectivity index (χ0v) is 11.7. The van der Waals surface area contributed by atoms with E-state index >= 15 is 0 Å². The Bertz CT molecular complexity index is 506. The molecular formula is C16H20O2. The number of ether oxygens (including phenoxy) is 1. The third-order valence-electron chi connectivity index (χ3n) is 3.88. The molecule has 0 bridgehead atoms. The van der Waals surface area contributed by atoms with Gasteiger partial charge in [-0.3, -0.25) is 4.79 Å². The van der Waals surface area contributed by atoms with E-state index in [0.717, 1.165) is 5.56 Å². The maximum atomic E-state index is 11.3. The third kappa shape index (κ3) is 2.20. The molecule has 1 atom stereocenters. The Morgan fingerprint density at radius 2 is 1.67 bits per heavy atom. The molecule has 0 spiro atoms. The molecular weight excluding hydrogens is 224 g/mol.